The molecule has 2 unspecified atom stereocenters. The number of hydrogen-bond donors (Lipinski definition) is 1. The van der Waals surface area contributed by atoms with Crippen LogP contribution in [0.1, 0.15) is 39.0 Å². The van der Waals surface area contributed by atoms with E-state index in [-0.39, 0.29) is 23.0 Å². The molecule has 1 fully saturated rings. The molecule has 15 heavy (non-hydrogen) atoms. The van der Waals surface area contributed by atoms with Crippen LogP contribution in [0.2, 0.25) is 0 Å². The van der Waals surface area contributed by atoms with Gasteiger partial charge in [-0.05, 0) is 30.9 Å². The van der Waals surface area contributed by atoms with Crippen LogP contribution in [0.25, 0.3) is 0 Å². The second-order valence-electron chi connectivity index (χ2n) is 4.09. The van der Waals surface area contributed by atoms with Crippen LogP contribution in [0.5, 0.6) is 0 Å². The van der Waals surface area contributed by atoms with Gasteiger partial charge in [-0.3, -0.25) is 9.59 Å². The average Bonchev–Trinajstić information content (AvgIpc) is 2.25. The molecule has 1 amide bonds. The molecule has 1 aliphatic carbocycles. The first-order valence-corrected chi connectivity index (χ1v) is 6.01. The Balaban J connectivity index is 2.55. The van der Waals surface area contributed by atoms with Crippen LogP contribution in [-0.4, -0.2) is 17.7 Å². The van der Waals surface area contributed by atoms with Crippen molar-refractivity contribution in [1.82, 2.24) is 5.32 Å². The van der Waals surface area contributed by atoms with Crippen LogP contribution >= 0.6 is 11.6 Å². The van der Waals surface area contributed by atoms with E-state index in [9.17, 15) is 9.59 Å². The lowest BCUT2D eigenvalue weighted by atomic mass is 9.79. The van der Waals surface area contributed by atoms with Crippen molar-refractivity contribution in [2.45, 2.75) is 39.0 Å². The molecule has 1 saturated carbocycles. The van der Waals surface area contributed by atoms with Gasteiger partial charge in [0.25, 0.3) is 0 Å². The summed E-state index contributed by atoms with van der Waals surface area (Å²) >= 11 is 5.51. The van der Waals surface area contributed by atoms with E-state index in [2.05, 4.69) is 5.32 Å². The monoisotopic (exact) mass is 231 g/mol. The van der Waals surface area contributed by atoms with Crippen LogP contribution in [-0.2, 0) is 9.59 Å². The van der Waals surface area contributed by atoms with Crippen LogP contribution < -0.4 is 5.32 Å². The zero-order chi connectivity index (χ0) is 11.3. The molecule has 0 aromatic heterocycles. The molecule has 2 atom stereocenters. The maximum absolute atomic E-state index is 11.7. The summed E-state index contributed by atoms with van der Waals surface area (Å²) in [6.45, 7) is 2.68. The molecule has 4 heteroatoms. The predicted octanol–water partition coefficient (Wildman–Crippen LogP) is 2.08. The Hall–Kier alpha value is -0.570. The lowest BCUT2D eigenvalue weighted by Crippen LogP contribution is -2.39. The minimum Gasteiger partial charge on any atom is -0.356 e. The molecule has 0 spiro atoms. The van der Waals surface area contributed by atoms with E-state index in [1.54, 1.807) is 0 Å². The Kier molecular flexibility index (Phi) is 5.09. The zero-order valence-electron chi connectivity index (χ0n) is 9.09. The first-order chi connectivity index (χ1) is 7.16. The van der Waals surface area contributed by atoms with Gasteiger partial charge in [0.15, 0.2) is 0 Å². The molecule has 1 N–H and O–H groups in total. The van der Waals surface area contributed by atoms with Crippen LogP contribution in [0.3, 0.4) is 0 Å². The molecule has 0 saturated heterocycles. The van der Waals surface area contributed by atoms with E-state index in [0.29, 0.717) is 6.54 Å². The smallest absolute Gasteiger partial charge is 0.225 e. The normalized spacial score (nSPS) is 26.0. The van der Waals surface area contributed by atoms with Gasteiger partial charge in [-0.2, -0.15) is 0 Å². The lowest BCUT2D eigenvalue weighted by Gasteiger charge is -2.27. The minimum atomic E-state index is -0.355. The summed E-state index contributed by atoms with van der Waals surface area (Å²) in [5.41, 5.74) is 0. The second kappa shape index (κ2) is 6.11. The summed E-state index contributed by atoms with van der Waals surface area (Å²) in [6.07, 6.45) is 4.48. The Morgan fingerprint density at radius 1 is 1.27 bits per heavy atom. The van der Waals surface area contributed by atoms with E-state index < -0.39 is 0 Å². The van der Waals surface area contributed by atoms with Crippen LogP contribution in [0.4, 0.5) is 0 Å². The highest BCUT2D eigenvalue weighted by Gasteiger charge is 2.34. The van der Waals surface area contributed by atoms with E-state index in [1.165, 1.54) is 0 Å². The molecule has 0 aromatic rings. The fourth-order valence-electron chi connectivity index (χ4n) is 2.10. The van der Waals surface area contributed by atoms with Gasteiger partial charge in [0.1, 0.15) is 0 Å². The molecule has 1 rings (SSSR count). The standard InChI is InChI=1S/C11H18ClNO2/c1-2-7-13-11(15)9-6-4-3-5-8(9)10(12)14/h8-9H,2-7H2,1H3,(H,13,15). The van der Waals surface area contributed by atoms with Crippen molar-refractivity contribution in [2.75, 3.05) is 6.54 Å². The quantitative estimate of drug-likeness (QED) is 0.753. The van der Waals surface area contributed by atoms with Crippen molar-refractivity contribution in [3.8, 4) is 0 Å². The van der Waals surface area contributed by atoms with Gasteiger partial charge in [0.2, 0.25) is 11.1 Å². The number of hydrogen-bond acceptors (Lipinski definition) is 2. The summed E-state index contributed by atoms with van der Waals surface area (Å²) in [6, 6.07) is 0. The van der Waals surface area contributed by atoms with Crippen LogP contribution in [0.15, 0.2) is 0 Å². The van der Waals surface area contributed by atoms with Crippen molar-refractivity contribution in [3.05, 3.63) is 0 Å². The third kappa shape index (κ3) is 3.49. The molecule has 0 radical (unpaired) electrons. The Labute approximate surface area is 95.6 Å². The highest BCUT2D eigenvalue weighted by molar-refractivity contribution is 6.64. The summed E-state index contributed by atoms with van der Waals surface area (Å²) in [5, 5.41) is 2.48. The maximum atomic E-state index is 11.7. The van der Waals surface area contributed by atoms with E-state index >= 15 is 0 Å². The van der Waals surface area contributed by atoms with Crippen LogP contribution in [0, 0.1) is 11.8 Å². The summed E-state index contributed by atoms with van der Waals surface area (Å²) < 4.78 is 0. The molecule has 86 valence electrons. The van der Waals surface area contributed by atoms with Crippen molar-refractivity contribution >= 4 is 22.8 Å². The second-order valence-corrected chi connectivity index (χ2v) is 4.47. The fraction of sp³-hybridized carbons (Fsp3) is 0.818. The summed E-state index contributed by atoms with van der Waals surface area (Å²) in [7, 11) is 0. The third-order valence-electron chi connectivity index (χ3n) is 2.94. The topological polar surface area (TPSA) is 46.2 Å². The zero-order valence-corrected chi connectivity index (χ0v) is 9.85. The third-order valence-corrected chi connectivity index (χ3v) is 3.22. The Bertz CT molecular complexity index is 243. The van der Waals surface area contributed by atoms with Gasteiger partial charge >= 0.3 is 0 Å². The summed E-state index contributed by atoms with van der Waals surface area (Å²) in [5.74, 6) is -0.469. The Morgan fingerprint density at radius 3 is 2.40 bits per heavy atom. The highest BCUT2D eigenvalue weighted by atomic mass is 35.5. The molecule has 0 bridgehead atoms. The van der Waals surface area contributed by atoms with E-state index in [4.69, 9.17) is 11.6 Å². The van der Waals surface area contributed by atoms with Gasteiger partial charge in [0.05, 0.1) is 0 Å². The number of halogens is 1. The number of amides is 1. The maximum Gasteiger partial charge on any atom is 0.225 e. The van der Waals surface area contributed by atoms with Gasteiger partial charge < -0.3 is 5.32 Å². The first kappa shape index (κ1) is 12.5. The van der Waals surface area contributed by atoms with Gasteiger partial charge in [-0.15, -0.1) is 0 Å². The fourth-order valence-corrected chi connectivity index (χ4v) is 2.36. The van der Waals surface area contributed by atoms with E-state index in [1.807, 2.05) is 6.92 Å². The highest BCUT2D eigenvalue weighted by Crippen LogP contribution is 2.31. The Morgan fingerprint density at radius 2 is 1.87 bits per heavy atom. The lowest BCUT2D eigenvalue weighted by molar-refractivity contribution is -0.132. The van der Waals surface area contributed by atoms with Gasteiger partial charge in [-0.1, -0.05) is 19.8 Å². The average molecular weight is 232 g/mol. The summed E-state index contributed by atoms with van der Waals surface area (Å²) in [4.78, 5) is 22.9. The molecule has 1 aliphatic rings. The van der Waals surface area contributed by atoms with Crippen molar-refractivity contribution in [3.63, 3.8) is 0 Å². The number of carbonyl (C=O) groups is 2. The van der Waals surface area contributed by atoms with Crippen molar-refractivity contribution in [1.29, 1.82) is 0 Å². The largest absolute Gasteiger partial charge is 0.356 e. The van der Waals surface area contributed by atoms with Crippen molar-refractivity contribution in [2.24, 2.45) is 11.8 Å². The van der Waals surface area contributed by atoms with E-state index in [0.717, 1.165) is 32.1 Å². The molecular weight excluding hydrogens is 214 g/mol. The SMILES string of the molecule is CCCNC(=O)C1CCCCC1C(=O)Cl. The molecule has 0 aromatic carbocycles. The minimum absolute atomic E-state index is 0.00412. The molecule has 0 heterocycles. The van der Waals surface area contributed by atoms with Gasteiger partial charge in [0, 0.05) is 18.4 Å². The first-order valence-electron chi connectivity index (χ1n) is 5.64. The van der Waals surface area contributed by atoms with Gasteiger partial charge in [-0.25, -0.2) is 0 Å². The van der Waals surface area contributed by atoms with Crippen molar-refractivity contribution < 1.29 is 9.59 Å². The number of rotatable bonds is 4. The predicted molar refractivity (Wildman–Crippen MR) is 59.6 cm³/mol. The molecular formula is C11H18ClNO2. The molecule has 3 nitrogen and oxygen atoms in total. The number of carbonyl (C=O) groups excluding carboxylic acids is 2. The molecule has 0 aliphatic heterocycles. The number of nitrogens with one attached hydrogen (secondary N) is 1.